The number of carbonyl (C=O) groups is 3. The molecule has 2 unspecified atom stereocenters. The van der Waals surface area contributed by atoms with E-state index in [0.29, 0.717) is 29.4 Å². The standard InChI is InChI=1S/C20H25N5O3S/c1-11-7-19(3,4)10-20(8-11)16(27)25(18(28)24-20)9-14(26)23-17-22-13-6-5-12(2)21-15(13)29-17/h5-6,11H,7-10H2,1-4H3,(H,24,28)(H,22,23,26). The van der Waals surface area contributed by atoms with Gasteiger partial charge in [-0.25, -0.2) is 14.8 Å². The third-order valence-electron chi connectivity index (χ3n) is 5.57. The van der Waals surface area contributed by atoms with E-state index in [1.807, 2.05) is 19.1 Å². The predicted octanol–water partition coefficient (Wildman–Crippen LogP) is 3.08. The van der Waals surface area contributed by atoms with Gasteiger partial charge >= 0.3 is 6.03 Å². The molecule has 2 aromatic rings. The maximum Gasteiger partial charge on any atom is 0.325 e. The van der Waals surface area contributed by atoms with Crippen molar-refractivity contribution in [1.82, 2.24) is 20.2 Å². The number of hydrogen-bond acceptors (Lipinski definition) is 6. The summed E-state index contributed by atoms with van der Waals surface area (Å²) >= 11 is 1.26. The van der Waals surface area contributed by atoms with Crippen molar-refractivity contribution in [3.63, 3.8) is 0 Å². The molecule has 1 aliphatic heterocycles. The van der Waals surface area contributed by atoms with Gasteiger partial charge in [-0.15, -0.1) is 0 Å². The van der Waals surface area contributed by atoms with Crippen LogP contribution >= 0.6 is 11.3 Å². The number of amides is 4. The largest absolute Gasteiger partial charge is 0.325 e. The number of rotatable bonds is 3. The minimum absolute atomic E-state index is 0.0506. The van der Waals surface area contributed by atoms with Crippen LogP contribution in [0.3, 0.4) is 0 Å². The fourth-order valence-electron chi connectivity index (χ4n) is 4.91. The van der Waals surface area contributed by atoms with Crippen molar-refractivity contribution >= 4 is 44.7 Å². The van der Waals surface area contributed by atoms with Crippen LogP contribution in [0.25, 0.3) is 10.3 Å². The first-order chi connectivity index (χ1) is 13.6. The molecule has 4 rings (SSSR count). The number of anilines is 1. The maximum atomic E-state index is 13.1. The smallest absolute Gasteiger partial charge is 0.323 e. The van der Waals surface area contributed by atoms with Crippen molar-refractivity contribution in [2.75, 3.05) is 11.9 Å². The maximum absolute atomic E-state index is 13.1. The highest BCUT2D eigenvalue weighted by atomic mass is 32.1. The van der Waals surface area contributed by atoms with Gasteiger partial charge in [0.25, 0.3) is 5.91 Å². The summed E-state index contributed by atoms with van der Waals surface area (Å²) in [6.07, 6.45) is 2.18. The Kier molecular flexibility index (Phi) is 4.60. The van der Waals surface area contributed by atoms with Gasteiger partial charge in [0.05, 0.1) is 0 Å². The van der Waals surface area contributed by atoms with Gasteiger partial charge in [-0.3, -0.25) is 14.5 Å². The molecule has 0 bridgehead atoms. The van der Waals surface area contributed by atoms with Crippen molar-refractivity contribution in [3.8, 4) is 0 Å². The van der Waals surface area contributed by atoms with Crippen LogP contribution < -0.4 is 10.6 Å². The Balaban J connectivity index is 1.47. The lowest BCUT2D eigenvalue weighted by atomic mass is 9.64. The number of carbonyl (C=O) groups excluding carboxylic acids is 3. The second-order valence-corrected chi connectivity index (χ2v) is 10.1. The Morgan fingerprint density at radius 2 is 2.07 bits per heavy atom. The van der Waals surface area contributed by atoms with Gasteiger partial charge in [0.15, 0.2) is 5.13 Å². The van der Waals surface area contributed by atoms with Crippen LogP contribution in [0.4, 0.5) is 9.93 Å². The molecule has 154 valence electrons. The van der Waals surface area contributed by atoms with Crippen LogP contribution in [0.5, 0.6) is 0 Å². The average Bonchev–Trinajstić information content (AvgIpc) is 3.06. The Labute approximate surface area is 173 Å². The summed E-state index contributed by atoms with van der Waals surface area (Å²) in [6.45, 7) is 7.88. The van der Waals surface area contributed by atoms with Gasteiger partial charge < -0.3 is 10.6 Å². The molecule has 2 N–H and O–H groups in total. The molecule has 9 heteroatoms. The number of fused-ring (bicyclic) bond motifs is 1. The normalized spacial score (nSPS) is 26.2. The molecule has 8 nitrogen and oxygen atoms in total. The molecule has 1 aliphatic carbocycles. The Hall–Kier alpha value is -2.55. The first kappa shape index (κ1) is 19.8. The van der Waals surface area contributed by atoms with Crippen molar-refractivity contribution in [2.24, 2.45) is 11.3 Å². The van der Waals surface area contributed by atoms with E-state index in [0.717, 1.165) is 21.8 Å². The zero-order chi connectivity index (χ0) is 21.0. The third-order valence-corrected chi connectivity index (χ3v) is 6.45. The second-order valence-electron chi connectivity index (χ2n) is 9.10. The first-order valence-corrected chi connectivity index (χ1v) is 10.6. The van der Waals surface area contributed by atoms with E-state index < -0.39 is 17.5 Å². The first-order valence-electron chi connectivity index (χ1n) is 9.75. The van der Waals surface area contributed by atoms with Crippen molar-refractivity contribution < 1.29 is 14.4 Å². The molecular formula is C20H25N5O3S. The molecule has 1 saturated heterocycles. The quantitative estimate of drug-likeness (QED) is 0.750. The molecule has 2 aromatic heterocycles. The van der Waals surface area contributed by atoms with Gasteiger partial charge in [-0.05, 0) is 49.7 Å². The van der Waals surface area contributed by atoms with E-state index in [2.05, 4.69) is 41.4 Å². The molecule has 0 radical (unpaired) electrons. The minimum atomic E-state index is -0.907. The number of nitrogens with one attached hydrogen (secondary N) is 2. The van der Waals surface area contributed by atoms with E-state index in [-0.39, 0.29) is 17.9 Å². The lowest BCUT2D eigenvalue weighted by molar-refractivity contribution is -0.136. The summed E-state index contributed by atoms with van der Waals surface area (Å²) in [6, 6.07) is 3.20. The number of nitrogens with zero attached hydrogens (tertiary/aromatic N) is 3. The lowest BCUT2D eigenvalue weighted by Crippen LogP contribution is -2.54. The zero-order valence-electron chi connectivity index (χ0n) is 17.0. The fraction of sp³-hybridized carbons (Fsp3) is 0.550. The van der Waals surface area contributed by atoms with Crippen LogP contribution in [-0.2, 0) is 9.59 Å². The highest BCUT2D eigenvalue weighted by molar-refractivity contribution is 7.21. The van der Waals surface area contributed by atoms with E-state index in [1.54, 1.807) is 0 Å². The topological polar surface area (TPSA) is 104 Å². The van der Waals surface area contributed by atoms with Gasteiger partial charge in [0, 0.05) is 5.69 Å². The van der Waals surface area contributed by atoms with Crippen LogP contribution in [0.2, 0.25) is 0 Å². The summed E-state index contributed by atoms with van der Waals surface area (Å²) in [5.41, 5.74) is 0.609. The molecule has 1 saturated carbocycles. The Morgan fingerprint density at radius 3 is 2.79 bits per heavy atom. The van der Waals surface area contributed by atoms with Crippen LogP contribution in [0, 0.1) is 18.3 Å². The highest BCUT2D eigenvalue weighted by Crippen LogP contribution is 2.46. The van der Waals surface area contributed by atoms with E-state index in [9.17, 15) is 14.4 Å². The summed E-state index contributed by atoms with van der Waals surface area (Å²) in [5.74, 6) is -0.446. The monoisotopic (exact) mass is 415 g/mol. The van der Waals surface area contributed by atoms with Gasteiger partial charge in [-0.2, -0.15) is 0 Å². The van der Waals surface area contributed by atoms with E-state index in [1.165, 1.54) is 11.3 Å². The molecular weight excluding hydrogens is 390 g/mol. The summed E-state index contributed by atoms with van der Waals surface area (Å²) in [5, 5.41) is 5.98. The number of aromatic nitrogens is 2. The van der Waals surface area contributed by atoms with Gasteiger partial charge in [0.1, 0.15) is 22.4 Å². The molecule has 3 heterocycles. The summed E-state index contributed by atoms with van der Waals surface area (Å²) in [7, 11) is 0. The number of aryl methyl sites for hydroxylation is 1. The highest BCUT2D eigenvalue weighted by Gasteiger charge is 2.56. The molecule has 0 aromatic carbocycles. The van der Waals surface area contributed by atoms with Crippen LogP contribution in [0.1, 0.15) is 45.7 Å². The zero-order valence-corrected chi connectivity index (χ0v) is 17.9. The molecule has 2 atom stereocenters. The van der Waals surface area contributed by atoms with Crippen molar-refractivity contribution in [2.45, 2.75) is 52.5 Å². The van der Waals surface area contributed by atoms with Crippen molar-refractivity contribution in [1.29, 1.82) is 0 Å². The molecule has 29 heavy (non-hydrogen) atoms. The second kappa shape index (κ2) is 6.76. The van der Waals surface area contributed by atoms with E-state index >= 15 is 0 Å². The number of thiazole rings is 1. The predicted molar refractivity (Wildman–Crippen MR) is 111 cm³/mol. The third kappa shape index (κ3) is 3.71. The number of urea groups is 1. The van der Waals surface area contributed by atoms with Crippen LogP contribution in [-0.4, -0.2) is 44.8 Å². The molecule has 2 fully saturated rings. The fourth-order valence-corrected chi connectivity index (χ4v) is 5.81. The number of pyridine rings is 1. The molecule has 1 spiro atoms. The minimum Gasteiger partial charge on any atom is -0.323 e. The summed E-state index contributed by atoms with van der Waals surface area (Å²) in [4.78, 5) is 48.7. The number of hydrogen-bond donors (Lipinski definition) is 2. The Morgan fingerprint density at radius 1 is 1.31 bits per heavy atom. The Bertz CT molecular complexity index is 1020. The van der Waals surface area contributed by atoms with E-state index in [4.69, 9.17) is 0 Å². The lowest BCUT2D eigenvalue weighted by Gasteiger charge is -2.43. The van der Waals surface area contributed by atoms with Crippen LogP contribution in [0.15, 0.2) is 12.1 Å². The molecule has 4 amide bonds. The SMILES string of the molecule is Cc1ccc2nc(NC(=O)CN3C(=O)NC4(CC(C)CC(C)(C)C4)C3=O)sc2n1. The summed E-state index contributed by atoms with van der Waals surface area (Å²) < 4.78 is 0. The van der Waals surface area contributed by atoms with Gasteiger partial charge in [-0.1, -0.05) is 32.1 Å². The van der Waals surface area contributed by atoms with Gasteiger partial charge in [0.2, 0.25) is 5.91 Å². The van der Waals surface area contributed by atoms with Crippen molar-refractivity contribution in [3.05, 3.63) is 17.8 Å². The average molecular weight is 416 g/mol. The molecule has 2 aliphatic rings. The number of imide groups is 1.